The normalized spacial score (nSPS) is 15.3. The summed E-state index contributed by atoms with van der Waals surface area (Å²) in [6.07, 6.45) is -4.59. The van der Waals surface area contributed by atoms with Gasteiger partial charge in [0.2, 0.25) is 0 Å². The number of alkyl halides is 3. The maximum Gasteiger partial charge on any atom is 0.573 e. The van der Waals surface area contributed by atoms with Gasteiger partial charge >= 0.3 is 6.36 Å². The molecule has 0 saturated carbocycles. The molecule has 3 nitrogen and oxygen atoms in total. The molecule has 0 N–H and O–H groups in total. The van der Waals surface area contributed by atoms with E-state index < -0.39 is 12.1 Å². The molecule has 1 heterocycles. The molecule has 0 radical (unpaired) electrons. The highest BCUT2D eigenvalue weighted by Gasteiger charge is 2.32. The Bertz CT molecular complexity index is 426. The molecule has 16 heavy (non-hydrogen) atoms. The predicted molar refractivity (Wildman–Crippen MR) is 47.6 cm³/mol. The van der Waals surface area contributed by atoms with Crippen LogP contribution < -0.4 is 9.47 Å². The average molecular weight is 232 g/mol. The molecule has 2 rings (SSSR count). The second kappa shape index (κ2) is 3.70. The first kappa shape index (κ1) is 10.8. The molecule has 1 aliphatic heterocycles. The number of carbonyl (C=O) groups excluding carboxylic acids is 1. The van der Waals surface area contributed by atoms with Gasteiger partial charge < -0.3 is 9.47 Å². The Morgan fingerprint density at radius 2 is 2.06 bits per heavy atom. The summed E-state index contributed by atoms with van der Waals surface area (Å²) in [6, 6.07) is 3.46. The molecule has 0 aromatic heterocycles. The average Bonchev–Trinajstić information content (AvgIpc) is 2.17. The van der Waals surface area contributed by atoms with Gasteiger partial charge in [0.1, 0.15) is 11.5 Å². The SMILES string of the molecule is O=C1CCOc2ccc(OC(F)(F)F)cc21. The summed E-state index contributed by atoms with van der Waals surface area (Å²) < 4.78 is 44.6. The zero-order chi connectivity index (χ0) is 11.8. The Morgan fingerprint density at radius 1 is 1.31 bits per heavy atom. The first-order chi connectivity index (χ1) is 7.46. The summed E-state index contributed by atoms with van der Waals surface area (Å²) >= 11 is 0. The van der Waals surface area contributed by atoms with Gasteiger partial charge in [0.05, 0.1) is 12.2 Å². The van der Waals surface area contributed by atoms with Crippen molar-refractivity contribution in [3.05, 3.63) is 23.8 Å². The van der Waals surface area contributed by atoms with E-state index in [4.69, 9.17) is 4.74 Å². The van der Waals surface area contributed by atoms with Crippen LogP contribution in [0.5, 0.6) is 11.5 Å². The minimum Gasteiger partial charge on any atom is -0.492 e. The number of benzene rings is 1. The molecule has 0 atom stereocenters. The van der Waals surface area contributed by atoms with Crippen molar-refractivity contribution >= 4 is 5.78 Å². The van der Waals surface area contributed by atoms with Crippen molar-refractivity contribution in [3.63, 3.8) is 0 Å². The number of rotatable bonds is 1. The topological polar surface area (TPSA) is 35.5 Å². The number of carbonyl (C=O) groups is 1. The van der Waals surface area contributed by atoms with Gasteiger partial charge in [-0.05, 0) is 18.2 Å². The molecule has 86 valence electrons. The Hall–Kier alpha value is -1.72. The molecular formula is C10H7F3O3. The lowest BCUT2D eigenvalue weighted by atomic mass is 10.1. The van der Waals surface area contributed by atoms with E-state index in [0.717, 1.165) is 12.1 Å². The van der Waals surface area contributed by atoms with Gasteiger partial charge in [0.25, 0.3) is 0 Å². The highest BCUT2D eigenvalue weighted by atomic mass is 19.4. The third-order valence-electron chi connectivity index (χ3n) is 2.07. The van der Waals surface area contributed by atoms with E-state index in [-0.39, 0.29) is 24.4 Å². The Balaban J connectivity index is 2.31. The van der Waals surface area contributed by atoms with Crippen LogP contribution in [0.25, 0.3) is 0 Å². The fourth-order valence-electron chi connectivity index (χ4n) is 1.44. The lowest BCUT2D eigenvalue weighted by Crippen LogP contribution is -2.19. The molecule has 0 unspecified atom stereocenters. The lowest BCUT2D eigenvalue weighted by Gasteiger charge is -2.17. The number of ether oxygens (including phenoxy) is 2. The second-order valence-corrected chi connectivity index (χ2v) is 3.23. The van der Waals surface area contributed by atoms with Crippen LogP contribution in [0.4, 0.5) is 13.2 Å². The van der Waals surface area contributed by atoms with Crippen LogP contribution in [0.2, 0.25) is 0 Å². The summed E-state index contributed by atoms with van der Waals surface area (Å²) in [7, 11) is 0. The number of ketones is 1. The Morgan fingerprint density at radius 3 is 2.75 bits per heavy atom. The van der Waals surface area contributed by atoms with Gasteiger partial charge in [-0.3, -0.25) is 4.79 Å². The Labute approximate surface area is 88.8 Å². The molecule has 0 saturated heterocycles. The predicted octanol–water partition coefficient (Wildman–Crippen LogP) is 2.55. The van der Waals surface area contributed by atoms with Crippen molar-refractivity contribution in [1.29, 1.82) is 0 Å². The van der Waals surface area contributed by atoms with E-state index in [1.165, 1.54) is 6.07 Å². The Kier molecular flexibility index (Phi) is 2.49. The molecule has 1 aliphatic rings. The number of halogens is 3. The molecule has 0 bridgehead atoms. The maximum atomic E-state index is 11.9. The van der Waals surface area contributed by atoms with Crippen molar-refractivity contribution in [3.8, 4) is 11.5 Å². The van der Waals surface area contributed by atoms with Crippen LogP contribution in [-0.4, -0.2) is 18.8 Å². The van der Waals surface area contributed by atoms with Crippen LogP contribution >= 0.6 is 0 Å². The largest absolute Gasteiger partial charge is 0.573 e. The van der Waals surface area contributed by atoms with Crippen molar-refractivity contribution in [2.75, 3.05) is 6.61 Å². The molecular weight excluding hydrogens is 225 g/mol. The van der Waals surface area contributed by atoms with Crippen molar-refractivity contribution in [2.45, 2.75) is 12.8 Å². The van der Waals surface area contributed by atoms with Gasteiger partial charge in [-0.1, -0.05) is 0 Å². The first-order valence-electron chi connectivity index (χ1n) is 4.51. The molecule has 1 aromatic carbocycles. The van der Waals surface area contributed by atoms with Gasteiger partial charge in [0.15, 0.2) is 5.78 Å². The molecule has 1 aromatic rings. The summed E-state index contributed by atoms with van der Waals surface area (Å²) in [5.74, 6) is -0.357. The fraction of sp³-hybridized carbons (Fsp3) is 0.300. The molecule has 0 aliphatic carbocycles. The van der Waals surface area contributed by atoms with E-state index in [1.54, 1.807) is 0 Å². The lowest BCUT2D eigenvalue weighted by molar-refractivity contribution is -0.274. The van der Waals surface area contributed by atoms with Gasteiger partial charge in [-0.15, -0.1) is 13.2 Å². The van der Waals surface area contributed by atoms with Crippen molar-refractivity contribution in [2.24, 2.45) is 0 Å². The minimum absolute atomic E-state index is 0.132. The third-order valence-corrected chi connectivity index (χ3v) is 2.07. The highest BCUT2D eigenvalue weighted by Crippen LogP contribution is 2.31. The van der Waals surface area contributed by atoms with Crippen molar-refractivity contribution < 1.29 is 27.4 Å². The van der Waals surface area contributed by atoms with E-state index in [0.29, 0.717) is 5.75 Å². The van der Waals surface area contributed by atoms with Crippen LogP contribution in [0.3, 0.4) is 0 Å². The third kappa shape index (κ3) is 2.26. The van der Waals surface area contributed by atoms with Crippen LogP contribution in [0, 0.1) is 0 Å². The number of Topliss-reactive ketones (excluding diaryl/α,β-unsaturated/α-hetero) is 1. The van der Waals surface area contributed by atoms with Crippen LogP contribution in [0.1, 0.15) is 16.8 Å². The van der Waals surface area contributed by atoms with E-state index in [1.807, 2.05) is 0 Å². The first-order valence-corrected chi connectivity index (χ1v) is 4.51. The second-order valence-electron chi connectivity index (χ2n) is 3.23. The van der Waals surface area contributed by atoms with E-state index in [9.17, 15) is 18.0 Å². The zero-order valence-electron chi connectivity index (χ0n) is 8.00. The summed E-state index contributed by atoms with van der Waals surface area (Å²) in [4.78, 5) is 11.4. The summed E-state index contributed by atoms with van der Waals surface area (Å²) in [5.41, 5.74) is 0.132. The molecule has 0 spiro atoms. The summed E-state index contributed by atoms with van der Waals surface area (Å²) in [5, 5.41) is 0. The minimum atomic E-state index is -4.76. The summed E-state index contributed by atoms with van der Waals surface area (Å²) in [6.45, 7) is 0.255. The van der Waals surface area contributed by atoms with Crippen molar-refractivity contribution in [1.82, 2.24) is 0 Å². The smallest absolute Gasteiger partial charge is 0.492 e. The standard InChI is InChI=1S/C10H7F3O3/c11-10(12,13)16-6-1-2-9-7(5-6)8(14)3-4-15-9/h1-2,5H,3-4H2. The van der Waals surface area contributed by atoms with Crippen LogP contribution in [-0.2, 0) is 0 Å². The maximum absolute atomic E-state index is 11.9. The van der Waals surface area contributed by atoms with E-state index in [2.05, 4.69) is 4.74 Å². The van der Waals surface area contributed by atoms with E-state index >= 15 is 0 Å². The number of hydrogen-bond acceptors (Lipinski definition) is 3. The van der Waals surface area contributed by atoms with Gasteiger partial charge in [-0.2, -0.15) is 0 Å². The number of fused-ring (bicyclic) bond motifs is 1. The molecule has 0 fully saturated rings. The van der Waals surface area contributed by atoms with Crippen LogP contribution in [0.15, 0.2) is 18.2 Å². The fourth-order valence-corrected chi connectivity index (χ4v) is 1.44. The highest BCUT2D eigenvalue weighted by molar-refractivity contribution is 5.99. The van der Waals surface area contributed by atoms with Gasteiger partial charge in [-0.25, -0.2) is 0 Å². The molecule has 6 heteroatoms. The monoisotopic (exact) mass is 232 g/mol. The quantitative estimate of drug-likeness (QED) is 0.746. The van der Waals surface area contributed by atoms with Gasteiger partial charge in [0, 0.05) is 6.42 Å². The molecule has 0 amide bonds. The number of hydrogen-bond donors (Lipinski definition) is 0. The zero-order valence-corrected chi connectivity index (χ0v) is 8.00.